The van der Waals surface area contributed by atoms with Crippen LogP contribution in [0.2, 0.25) is 0 Å². The van der Waals surface area contributed by atoms with Crippen LogP contribution >= 0.6 is 0 Å². The minimum Gasteiger partial charge on any atom is -0.387 e. The van der Waals surface area contributed by atoms with Crippen LogP contribution in [0.25, 0.3) is 0 Å². The average Bonchev–Trinajstić information content (AvgIpc) is 2.13. The van der Waals surface area contributed by atoms with E-state index in [0.29, 0.717) is 6.42 Å². The van der Waals surface area contributed by atoms with Crippen LogP contribution in [0.3, 0.4) is 0 Å². The molecular weight excluding hydrogens is 220 g/mol. The number of hydrogen-bond donors (Lipinski definition) is 8. The van der Waals surface area contributed by atoms with Gasteiger partial charge in [0.2, 0.25) is 0 Å². The van der Waals surface area contributed by atoms with E-state index < -0.39 is 17.8 Å². The highest BCUT2D eigenvalue weighted by Gasteiger charge is 2.35. The lowest BCUT2D eigenvalue weighted by molar-refractivity contribution is 0.432. The largest absolute Gasteiger partial charge is 0.387 e. The zero-order valence-electron chi connectivity index (χ0n) is 9.75. The van der Waals surface area contributed by atoms with Crippen molar-refractivity contribution in [1.29, 1.82) is 21.6 Å². The summed E-state index contributed by atoms with van der Waals surface area (Å²) in [5.74, 6) is -3.34. The van der Waals surface area contributed by atoms with Crippen molar-refractivity contribution >= 4 is 23.3 Å². The number of amidine groups is 4. The van der Waals surface area contributed by atoms with E-state index in [1.54, 1.807) is 6.92 Å². The summed E-state index contributed by atoms with van der Waals surface area (Å²) >= 11 is 0. The van der Waals surface area contributed by atoms with Crippen molar-refractivity contribution in [3.05, 3.63) is 0 Å². The summed E-state index contributed by atoms with van der Waals surface area (Å²) in [6.45, 7) is 1.78. The number of rotatable bonds is 7. The Labute approximate surface area is 99.8 Å². The fourth-order valence-corrected chi connectivity index (χ4v) is 1.92. The van der Waals surface area contributed by atoms with Crippen LogP contribution in [0, 0.1) is 39.4 Å². The van der Waals surface area contributed by atoms with Crippen LogP contribution in [0.5, 0.6) is 0 Å². The molecule has 96 valence electrons. The van der Waals surface area contributed by atoms with Gasteiger partial charge < -0.3 is 22.9 Å². The topological polar surface area (TPSA) is 199 Å². The van der Waals surface area contributed by atoms with E-state index in [0.717, 1.165) is 0 Å². The Morgan fingerprint density at radius 3 is 1.12 bits per heavy atom. The molecular formula is C9H20N8. The van der Waals surface area contributed by atoms with Crippen molar-refractivity contribution < 1.29 is 0 Å². The molecule has 0 amide bonds. The summed E-state index contributed by atoms with van der Waals surface area (Å²) < 4.78 is 0. The maximum Gasteiger partial charge on any atom is 0.102 e. The summed E-state index contributed by atoms with van der Waals surface area (Å²) in [4.78, 5) is 0. The average molecular weight is 240 g/mol. The zero-order valence-corrected chi connectivity index (χ0v) is 9.75. The summed E-state index contributed by atoms with van der Waals surface area (Å²) in [7, 11) is 0. The quantitative estimate of drug-likeness (QED) is 0.208. The molecule has 0 aliphatic rings. The van der Waals surface area contributed by atoms with E-state index in [1.807, 2.05) is 0 Å². The molecule has 0 unspecified atom stereocenters. The van der Waals surface area contributed by atoms with Crippen molar-refractivity contribution in [2.45, 2.75) is 13.3 Å². The van der Waals surface area contributed by atoms with Gasteiger partial charge >= 0.3 is 0 Å². The zero-order chi connectivity index (χ0) is 13.7. The van der Waals surface area contributed by atoms with Gasteiger partial charge in [-0.1, -0.05) is 13.3 Å². The van der Waals surface area contributed by atoms with Crippen molar-refractivity contribution in [3.63, 3.8) is 0 Å². The van der Waals surface area contributed by atoms with Gasteiger partial charge in [-0.2, -0.15) is 0 Å². The van der Waals surface area contributed by atoms with E-state index in [1.165, 1.54) is 0 Å². The molecule has 0 aliphatic carbocycles. The van der Waals surface area contributed by atoms with E-state index in [-0.39, 0.29) is 23.3 Å². The number of hydrogen-bond acceptors (Lipinski definition) is 4. The van der Waals surface area contributed by atoms with Gasteiger partial charge in [0.15, 0.2) is 0 Å². The van der Waals surface area contributed by atoms with E-state index >= 15 is 0 Å². The summed E-state index contributed by atoms with van der Waals surface area (Å²) in [6.07, 6.45) is 0.452. The molecule has 0 saturated carbocycles. The predicted molar refractivity (Wildman–Crippen MR) is 68.4 cm³/mol. The lowest BCUT2D eigenvalue weighted by Gasteiger charge is -2.30. The SMILES string of the molecule is CCC(C(C(=N)N)C(=N)N)C(C(=N)N)C(=N)N. The Balaban J connectivity index is 5.40. The van der Waals surface area contributed by atoms with Crippen LogP contribution in [0.15, 0.2) is 0 Å². The Bertz CT molecular complexity index is 287. The van der Waals surface area contributed by atoms with E-state index in [2.05, 4.69) is 0 Å². The molecule has 8 nitrogen and oxygen atoms in total. The van der Waals surface area contributed by atoms with Gasteiger partial charge in [0, 0.05) is 0 Å². The molecule has 0 rings (SSSR count). The van der Waals surface area contributed by atoms with Crippen LogP contribution in [-0.2, 0) is 0 Å². The Morgan fingerprint density at radius 2 is 1.00 bits per heavy atom. The maximum absolute atomic E-state index is 7.43. The molecule has 0 aliphatic heterocycles. The molecule has 0 aromatic rings. The molecule has 8 heteroatoms. The van der Waals surface area contributed by atoms with Gasteiger partial charge in [-0.05, 0) is 5.92 Å². The lowest BCUT2D eigenvalue weighted by atomic mass is 9.77. The van der Waals surface area contributed by atoms with Gasteiger partial charge in [0.1, 0.15) is 23.3 Å². The highest BCUT2D eigenvalue weighted by molar-refractivity contribution is 6.06. The van der Waals surface area contributed by atoms with Crippen LogP contribution in [0.1, 0.15) is 13.3 Å². The Hall–Kier alpha value is -2.12. The monoisotopic (exact) mass is 240 g/mol. The highest BCUT2D eigenvalue weighted by atomic mass is 14.8. The fourth-order valence-electron chi connectivity index (χ4n) is 1.92. The number of nitrogens with one attached hydrogen (secondary N) is 4. The van der Waals surface area contributed by atoms with Gasteiger partial charge in [0.25, 0.3) is 0 Å². The first-order chi connectivity index (χ1) is 7.73. The minimum atomic E-state index is -0.849. The third-order valence-corrected chi connectivity index (χ3v) is 2.67. The van der Waals surface area contributed by atoms with Gasteiger partial charge in [-0.3, -0.25) is 21.6 Å². The molecule has 0 aromatic carbocycles. The third-order valence-electron chi connectivity index (χ3n) is 2.67. The standard InChI is InChI=1S/C9H20N8/c1-2-3(4(6(10)11)7(12)13)5(8(14)15)9(16)17/h3-5H,2H2,1H3,(H3,10,11)(H3,12,13)(H3,14,15)(H3,16,17). The molecule has 0 fully saturated rings. The molecule has 0 saturated heterocycles. The first-order valence-electron chi connectivity index (χ1n) is 5.09. The molecule has 0 bridgehead atoms. The third kappa shape index (κ3) is 3.44. The fraction of sp³-hybridized carbons (Fsp3) is 0.556. The molecule has 0 radical (unpaired) electrons. The summed E-state index contributed by atoms with van der Waals surface area (Å²) in [6, 6.07) is 0. The van der Waals surface area contributed by atoms with Gasteiger partial charge in [-0.25, -0.2) is 0 Å². The first kappa shape index (κ1) is 14.9. The van der Waals surface area contributed by atoms with Crippen LogP contribution < -0.4 is 22.9 Å². The Morgan fingerprint density at radius 1 is 0.765 bits per heavy atom. The molecule has 0 aromatic heterocycles. The van der Waals surface area contributed by atoms with E-state index in [9.17, 15) is 0 Å². The lowest BCUT2D eigenvalue weighted by Crippen LogP contribution is -2.48. The summed E-state index contributed by atoms with van der Waals surface area (Å²) in [5, 5.41) is 29.7. The van der Waals surface area contributed by atoms with Crippen molar-refractivity contribution in [1.82, 2.24) is 0 Å². The van der Waals surface area contributed by atoms with Crippen LogP contribution in [-0.4, -0.2) is 23.3 Å². The van der Waals surface area contributed by atoms with Crippen molar-refractivity contribution in [2.24, 2.45) is 40.7 Å². The number of nitrogens with two attached hydrogens (primary N) is 4. The molecule has 17 heavy (non-hydrogen) atoms. The molecule has 0 heterocycles. The maximum atomic E-state index is 7.43. The van der Waals surface area contributed by atoms with Gasteiger partial charge in [-0.15, -0.1) is 0 Å². The van der Waals surface area contributed by atoms with Crippen molar-refractivity contribution in [2.75, 3.05) is 0 Å². The van der Waals surface area contributed by atoms with E-state index in [4.69, 9.17) is 44.6 Å². The second-order valence-corrected chi connectivity index (χ2v) is 3.85. The van der Waals surface area contributed by atoms with Gasteiger partial charge in [0.05, 0.1) is 11.8 Å². The normalized spacial score (nSPS) is 15.6. The van der Waals surface area contributed by atoms with Crippen molar-refractivity contribution in [3.8, 4) is 0 Å². The smallest absolute Gasteiger partial charge is 0.102 e. The second-order valence-electron chi connectivity index (χ2n) is 3.85. The first-order valence-corrected chi connectivity index (χ1v) is 5.09. The molecule has 0 atom stereocenters. The minimum absolute atomic E-state index is 0.281. The second kappa shape index (κ2) is 5.83. The predicted octanol–water partition coefficient (Wildman–Crippen LogP) is -1.01. The summed E-state index contributed by atoms with van der Waals surface area (Å²) in [5.41, 5.74) is 21.6. The molecule has 0 spiro atoms. The molecule has 12 N–H and O–H groups in total. The highest BCUT2D eigenvalue weighted by Crippen LogP contribution is 2.25. The Kier molecular flexibility index (Phi) is 5.10. The van der Waals surface area contributed by atoms with Crippen LogP contribution in [0.4, 0.5) is 0 Å².